The summed E-state index contributed by atoms with van der Waals surface area (Å²) in [5.74, 6) is 2.16. The minimum Gasteiger partial charge on any atom is -0.497 e. The van der Waals surface area contributed by atoms with E-state index < -0.39 is 0 Å². The molecule has 3 heterocycles. The lowest BCUT2D eigenvalue weighted by molar-refractivity contribution is -0.131. The van der Waals surface area contributed by atoms with E-state index in [2.05, 4.69) is 11.9 Å². The highest BCUT2D eigenvalue weighted by Gasteiger charge is 2.29. The molecule has 3 aromatic rings. The Bertz CT molecular complexity index is 988. The van der Waals surface area contributed by atoms with Crippen LogP contribution in [0.5, 0.6) is 5.75 Å². The van der Waals surface area contributed by atoms with E-state index in [1.165, 1.54) is 5.69 Å². The molecule has 0 fully saturated rings. The van der Waals surface area contributed by atoms with E-state index >= 15 is 0 Å². The van der Waals surface area contributed by atoms with Gasteiger partial charge in [0.05, 0.1) is 19.7 Å². The van der Waals surface area contributed by atoms with Crippen molar-refractivity contribution >= 4 is 5.91 Å². The van der Waals surface area contributed by atoms with Gasteiger partial charge >= 0.3 is 0 Å². The third-order valence-corrected chi connectivity index (χ3v) is 5.12. The van der Waals surface area contributed by atoms with E-state index in [0.717, 1.165) is 41.3 Å². The first-order valence-electron chi connectivity index (χ1n) is 9.51. The van der Waals surface area contributed by atoms with E-state index in [4.69, 9.17) is 14.3 Å². The molecular weight excluding hydrogens is 356 g/mol. The average molecular weight is 380 g/mol. The van der Waals surface area contributed by atoms with Gasteiger partial charge < -0.3 is 14.1 Å². The van der Waals surface area contributed by atoms with Crippen molar-refractivity contribution < 1.29 is 13.9 Å². The van der Waals surface area contributed by atoms with Gasteiger partial charge in [0.1, 0.15) is 11.5 Å². The summed E-state index contributed by atoms with van der Waals surface area (Å²) in [7, 11) is 1.63. The van der Waals surface area contributed by atoms with Crippen LogP contribution >= 0.6 is 0 Å². The van der Waals surface area contributed by atoms with Crippen molar-refractivity contribution in [3.8, 4) is 17.3 Å². The molecule has 0 bridgehead atoms. The van der Waals surface area contributed by atoms with E-state index in [1.54, 1.807) is 13.3 Å². The highest BCUT2D eigenvalue weighted by Crippen LogP contribution is 2.30. The normalized spacial score (nSPS) is 13.5. The number of amides is 1. The first-order chi connectivity index (χ1) is 13.6. The predicted octanol–water partition coefficient (Wildman–Crippen LogP) is 3.00. The number of hydrogen-bond donors (Lipinski definition) is 0. The second-order valence-corrected chi connectivity index (χ2v) is 6.96. The van der Waals surface area contributed by atoms with Crippen LogP contribution in [0.3, 0.4) is 0 Å². The Balaban J connectivity index is 1.56. The van der Waals surface area contributed by atoms with Gasteiger partial charge in [0.2, 0.25) is 11.8 Å². The van der Waals surface area contributed by atoms with Crippen LogP contribution in [0.4, 0.5) is 0 Å². The molecule has 0 aliphatic carbocycles. The van der Waals surface area contributed by atoms with Crippen molar-refractivity contribution in [3.05, 3.63) is 53.0 Å². The van der Waals surface area contributed by atoms with Crippen LogP contribution in [0.15, 0.2) is 34.9 Å². The number of nitrogens with zero attached hydrogens (tertiary/aromatic N) is 4. The Morgan fingerprint density at radius 2 is 2.07 bits per heavy atom. The summed E-state index contributed by atoms with van der Waals surface area (Å²) in [6.07, 6.45) is 2.85. The van der Waals surface area contributed by atoms with Crippen LogP contribution in [0.25, 0.3) is 11.6 Å². The summed E-state index contributed by atoms with van der Waals surface area (Å²) < 4.78 is 12.9. The molecular formula is C21H24N4O3. The lowest BCUT2D eigenvalue weighted by Gasteiger charge is -2.28. The lowest BCUT2D eigenvalue weighted by Crippen LogP contribution is -2.37. The maximum Gasteiger partial charge on any atom is 0.247 e. The number of rotatable bonds is 5. The Hall–Kier alpha value is -3.09. The topological polar surface area (TPSA) is 73.4 Å². The first-order valence-corrected chi connectivity index (χ1v) is 9.51. The molecule has 4 rings (SSSR count). The van der Waals surface area contributed by atoms with Gasteiger partial charge in [0.15, 0.2) is 5.69 Å². The largest absolute Gasteiger partial charge is 0.497 e. The number of aryl methyl sites for hydroxylation is 2. The molecule has 1 aromatic carbocycles. The van der Waals surface area contributed by atoms with Gasteiger partial charge in [-0.2, -0.15) is 5.10 Å². The molecule has 2 aromatic heterocycles. The first kappa shape index (κ1) is 18.3. The Morgan fingerprint density at radius 1 is 1.29 bits per heavy atom. The third kappa shape index (κ3) is 3.40. The van der Waals surface area contributed by atoms with Gasteiger partial charge in [-0.05, 0) is 31.5 Å². The van der Waals surface area contributed by atoms with E-state index in [1.807, 2.05) is 40.8 Å². The number of ether oxygens (including phenoxy) is 1. The van der Waals surface area contributed by atoms with Gasteiger partial charge in [-0.25, -0.2) is 4.98 Å². The van der Waals surface area contributed by atoms with Gasteiger partial charge in [-0.3, -0.25) is 9.48 Å². The number of oxazole rings is 1. The molecule has 0 atom stereocenters. The summed E-state index contributed by atoms with van der Waals surface area (Å²) >= 11 is 0. The lowest BCUT2D eigenvalue weighted by atomic mass is 10.0. The number of benzene rings is 1. The molecule has 1 aliphatic rings. The Morgan fingerprint density at radius 3 is 2.71 bits per heavy atom. The molecule has 0 radical (unpaired) electrons. The number of aromatic nitrogens is 3. The van der Waals surface area contributed by atoms with Crippen molar-refractivity contribution in [2.24, 2.45) is 0 Å². The summed E-state index contributed by atoms with van der Waals surface area (Å²) in [6.45, 7) is 5.93. The quantitative estimate of drug-likeness (QED) is 0.680. The molecule has 1 amide bonds. The standard InChI is InChI=1S/C21H24N4O3/c1-4-25-18-9-10-24(19(26)11-15-5-7-16(27-3)8-6-15)13-17(18)20(23-25)21-22-12-14(2)28-21/h5-8,12H,4,9-11,13H2,1-3H3. The Kier molecular flexibility index (Phi) is 4.90. The van der Waals surface area contributed by atoms with Crippen molar-refractivity contribution in [1.29, 1.82) is 0 Å². The molecule has 7 heteroatoms. The zero-order valence-corrected chi connectivity index (χ0v) is 16.4. The van der Waals surface area contributed by atoms with Crippen molar-refractivity contribution in [2.75, 3.05) is 13.7 Å². The molecule has 0 spiro atoms. The van der Waals surface area contributed by atoms with Crippen molar-refractivity contribution in [1.82, 2.24) is 19.7 Å². The fourth-order valence-electron chi connectivity index (χ4n) is 3.63. The molecule has 0 unspecified atom stereocenters. The number of fused-ring (bicyclic) bond motifs is 1. The minimum absolute atomic E-state index is 0.106. The summed E-state index contributed by atoms with van der Waals surface area (Å²) in [4.78, 5) is 19.1. The van der Waals surface area contributed by atoms with E-state index in [-0.39, 0.29) is 5.91 Å². The zero-order valence-electron chi connectivity index (χ0n) is 16.4. The fraction of sp³-hybridized carbons (Fsp3) is 0.381. The molecule has 0 N–H and O–H groups in total. The number of carbonyl (C=O) groups excluding carboxylic acids is 1. The molecule has 7 nitrogen and oxygen atoms in total. The van der Waals surface area contributed by atoms with Crippen LogP contribution in [-0.4, -0.2) is 39.2 Å². The number of hydrogen-bond acceptors (Lipinski definition) is 5. The van der Waals surface area contributed by atoms with Gasteiger partial charge in [-0.1, -0.05) is 12.1 Å². The second-order valence-electron chi connectivity index (χ2n) is 6.96. The summed E-state index contributed by atoms with van der Waals surface area (Å²) in [5, 5.41) is 4.70. The van der Waals surface area contributed by atoms with Crippen molar-refractivity contribution in [3.63, 3.8) is 0 Å². The highest BCUT2D eigenvalue weighted by atomic mass is 16.5. The monoisotopic (exact) mass is 380 g/mol. The van der Waals surface area contributed by atoms with E-state index in [0.29, 0.717) is 25.4 Å². The third-order valence-electron chi connectivity index (χ3n) is 5.12. The van der Waals surface area contributed by atoms with E-state index in [9.17, 15) is 4.79 Å². The van der Waals surface area contributed by atoms with Gasteiger partial charge in [0, 0.05) is 37.3 Å². The number of carbonyl (C=O) groups is 1. The summed E-state index contributed by atoms with van der Waals surface area (Å²) in [6, 6.07) is 7.63. The molecule has 0 saturated heterocycles. The minimum atomic E-state index is 0.106. The van der Waals surface area contributed by atoms with Gasteiger partial charge in [0.25, 0.3) is 0 Å². The highest BCUT2D eigenvalue weighted by molar-refractivity contribution is 5.79. The summed E-state index contributed by atoms with van der Waals surface area (Å²) in [5.41, 5.74) is 3.93. The van der Waals surface area contributed by atoms with Crippen LogP contribution in [0, 0.1) is 6.92 Å². The van der Waals surface area contributed by atoms with Crippen LogP contribution in [-0.2, 0) is 30.7 Å². The average Bonchev–Trinajstić information content (AvgIpc) is 3.31. The maximum absolute atomic E-state index is 12.9. The SMILES string of the molecule is CCn1nc(-c2ncc(C)o2)c2c1CCN(C(=O)Cc1ccc(OC)cc1)C2. The smallest absolute Gasteiger partial charge is 0.247 e. The maximum atomic E-state index is 12.9. The predicted molar refractivity (Wildman–Crippen MR) is 104 cm³/mol. The van der Waals surface area contributed by atoms with Crippen molar-refractivity contribution in [2.45, 2.75) is 39.8 Å². The molecule has 0 saturated carbocycles. The molecule has 146 valence electrons. The number of methoxy groups -OCH3 is 1. The fourth-order valence-corrected chi connectivity index (χ4v) is 3.63. The second kappa shape index (κ2) is 7.50. The van der Waals surface area contributed by atoms with Gasteiger partial charge in [-0.15, -0.1) is 0 Å². The van der Waals surface area contributed by atoms with Crippen LogP contribution in [0.2, 0.25) is 0 Å². The molecule has 1 aliphatic heterocycles. The van der Waals surface area contributed by atoms with Crippen LogP contribution < -0.4 is 4.74 Å². The zero-order chi connectivity index (χ0) is 19.7. The van der Waals surface area contributed by atoms with Crippen LogP contribution in [0.1, 0.15) is 29.5 Å². The molecule has 28 heavy (non-hydrogen) atoms. The Labute approximate surface area is 163 Å².